The third-order valence-electron chi connectivity index (χ3n) is 2.87. The molecule has 0 aliphatic rings. The van der Waals surface area contributed by atoms with Crippen LogP contribution >= 0.6 is 0 Å². The van der Waals surface area contributed by atoms with Crippen LogP contribution in [0.15, 0.2) is 67.0 Å². The van der Waals surface area contributed by atoms with Gasteiger partial charge < -0.3 is 5.32 Å². The average molecular weight is 298 g/mol. The molecule has 1 aromatic heterocycles. The molecule has 116 valence electrons. The first-order valence-corrected chi connectivity index (χ1v) is 6.92. The van der Waals surface area contributed by atoms with Gasteiger partial charge in [-0.3, -0.25) is 21.0 Å². The van der Waals surface area contributed by atoms with Crippen molar-refractivity contribution in [3.05, 3.63) is 72.6 Å². The molecule has 5 heteroatoms. The maximum Gasteiger partial charge on any atom is 0.250 e. The van der Waals surface area contributed by atoms with E-state index in [1.807, 2.05) is 49.4 Å². The van der Waals surface area contributed by atoms with E-state index in [9.17, 15) is 4.79 Å². The predicted octanol–water partition coefficient (Wildman–Crippen LogP) is 2.81. The van der Waals surface area contributed by atoms with Crippen LogP contribution in [0.5, 0.6) is 0 Å². The number of amides is 1. The fraction of sp³-hybridized carbons (Fsp3) is 0.176. The first kappa shape index (κ1) is 17.6. The summed E-state index contributed by atoms with van der Waals surface area (Å²) in [6, 6.07) is 13.3. The van der Waals surface area contributed by atoms with Crippen molar-refractivity contribution in [3.8, 4) is 0 Å². The number of nitrogens with one attached hydrogen (secondary N) is 2. The summed E-state index contributed by atoms with van der Waals surface area (Å²) >= 11 is 0. The molecule has 4 N–H and O–H groups in total. The van der Waals surface area contributed by atoms with Crippen molar-refractivity contribution in [2.24, 2.45) is 5.84 Å². The van der Waals surface area contributed by atoms with E-state index in [1.165, 1.54) is 0 Å². The quantitative estimate of drug-likeness (QED) is 0.460. The number of nitrogens with two attached hydrogens (primary N) is 1. The number of hydrazine groups is 1. The number of rotatable bonds is 4. The topological polar surface area (TPSA) is 80.0 Å². The number of anilines is 1. The molecule has 0 fully saturated rings. The summed E-state index contributed by atoms with van der Waals surface area (Å²) in [6.45, 7) is 7.20. The highest BCUT2D eigenvalue weighted by molar-refractivity contribution is 6.02. The molecule has 2 aromatic rings. The Morgan fingerprint density at radius 2 is 1.77 bits per heavy atom. The van der Waals surface area contributed by atoms with E-state index >= 15 is 0 Å². The molecule has 0 aliphatic heterocycles. The SMILES string of the molecule is C=C(C)C(=O)Nc1ccc(C(C)NN)cc1.c1ccncc1. The molecule has 22 heavy (non-hydrogen) atoms. The third-order valence-corrected chi connectivity index (χ3v) is 2.87. The lowest BCUT2D eigenvalue weighted by atomic mass is 10.1. The van der Waals surface area contributed by atoms with Crippen molar-refractivity contribution in [2.75, 3.05) is 5.32 Å². The van der Waals surface area contributed by atoms with Gasteiger partial charge in [0.05, 0.1) is 0 Å². The molecule has 1 heterocycles. The second-order valence-electron chi connectivity index (χ2n) is 4.77. The second kappa shape index (κ2) is 9.44. The van der Waals surface area contributed by atoms with E-state index < -0.39 is 0 Å². The summed E-state index contributed by atoms with van der Waals surface area (Å²) in [4.78, 5) is 15.1. The minimum Gasteiger partial charge on any atom is -0.322 e. The van der Waals surface area contributed by atoms with E-state index in [4.69, 9.17) is 5.84 Å². The standard InChI is InChI=1S/C12H17N3O.C5H5N/c1-8(2)12(16)14-11-6-4-10(5-7-11)9(3)15-13;1-2-4-6-5-3-1/h4-7,9,15H,1,13H2,2-3H3,(H,14,16);1-5H. The van der Waals surface area contributed by atoms with Crippen molar-refractivity contribution < 1.29 is 4.79 Å². The van der Waals surface area contributed by atoms with Gasteiger partial charge in [0.25, 0.3) is 5.91 Å². The molecule has 1 unspecified atom stereocenters. The zero-order valence-corrected chi connectivity index (χ0v) is 12.9. The van der Waals surface area contributed by atoms with Crippen LogP contribution in [-0.4, -0.2) is 10.9 Å². The van der Waals surface area contributed by atoms with Crippen molar-refractivity contribution in [1.29, 1.82) is 0 Å². The molecule has 1 amide bonds. The van der Waals surface area contributed by atoms with Crippen LogP contribution in [0.2, 0.25) is 0 Å². The van der Waals surface area contributed by atoms with Gasteiger partial charge in [-0.2, -0.15) is 0 Å². The number of pyridine rings is 1. The number of aromatic nitrogens is 1. The van der Waals surface area contributed by atoms with Gasteiger partial charge in [-0.05, 0) is 43.7 Å². The third kappa shape index (κ3) is 6.30. The summed E-state index contributed by atoms with van der Waals surface area (Å²) in [7, 11) is 0. The Bertz CT molecular complexity index is 555. The normalized spacial score (nSPS) is 10.9. The lowest BCUT2D eigenvalue weighted by Crippen LogP contribution is -2.25. The highest BCUT2D eigenvalue weighted by atomic mass is 16.1. The van der Waals surface area contributed by atoms with Gasteiger partial charge in [0, 0.05) is 29.7 Å². The molecule has 5 nitrogen and oxygen atoms in total. The first-order chi connectivity index (χ1) is 10.5. The van der Waals surface area contributed by atoms with Gasteiger partial charge in [0.1, 0.15) is 0 Å². The van der Waals surface area contributed by atoms with Gasteiger partial charge in [-0.15, -0.1) is 0 Å². The van der Waals surface area contributed by atoms with Crippen molar-refractivity contribution >= 4 is 11.6 Å². The molecule has 0 radical (unpaired) electrons. The molecule has 1 atom stereocenters. The van der Waals surface area contributed by atoms with Crippen LogP contribution in [0.4, 0.5) is 5.69 Å². The largest absolute Gasteiger partial charge is 0.322 e. The van der Waals surface area contributed by atoms with Crippen molar-refractivity contribution in [1.82, 2.24) is 10.4 Å². The van der Waals surface area contributed by atoms with Gasteiger partial charge in [-0.25, -0.2) is 0 Å². The number of hydrogen-bond acceptors (Lipinski definition) is 4. The lowest BCUT2D eigenvalue weighted by molar-refractivity contribution is -0.112. The smallest absolute Gasteiger partial charge is 0.250 e. The average Bonchev–Trinajstić information content (AvgIpc) is 2.57. The molecule has 1 aromatic carbocycles. The molecule has 0 saturated carbocycles. The van der Waals surface area contributed by atoms with E-state index in [2.05, 4.69) is 22.3 Å². The van der Waals surface area contributed by atoms with Crippen molar-refractivity contribution in [2.45, 2.75) is 19.9 Å². The van der Waals surface area contributed by atoms with E-state index in [1.54, 1.807) is 19.3 Å². The van der Waals surface area contributed by atoms with Gasteiger partial charge in [0.2, 0.25) is 0 Å². The zero-order chi connectivity index (χ0) is 16.4. The highest BCUT2D eigenvalue weighted by Crippen LogP contribution is 2.15. The summed E-state index contributed by atoms with van der Waals surface area (Å²) in [6.07, 6.45) is 3.50. The molecular weight excluding hydrogens is 276 g/mol. The number of carbonyl (C=O) groups excluding carboxylic acids is 1. The molecule has 0 aliphatic carbocycles. The Morgan fingerprint density at radius 1 is 1.18 bits per heavy atom. The van der Waals surface area contributed by atoms with Crippen molar-refractivity contribution in [3.63, 3.8) is 0 Å². The van der Waals surface area contributed by atoms with Gasteiger partial charge in [-0.1, -0.05) is 24.8 Å². The second-order valence-corrected chi connectivity index (χ2v) is 4.77. The number of benzene rings is 1. The molecule has 2 rings (SSSR count). The highest BCUT2D eigenvalue weighted by Gasteiger charge is 2.04. The maximum absolute atomic E-state index is 11.3. The molecule has 0 bridgehead atoms. The number of hydrogen-bond donors (Lipinski definition) is 3. The maximum atomic E-state index is 11.3. The summed E-state index contributed by atoms with van der Waals surface area (Å²) in [5.74, 6) is 5.16. The summed E-state index contributed by atoms with van der Waals surface area (Å²) < 4.78 is 0. The van der Waals surface area contributed by atoms with Crippen LogP contribution in [0, 0.1) is 0 Å². The summed E-state index contributed by atoms with van der Waals surface area (Å²) in [5.41, 5.74) is 4.96. The Labute approximate surface area is 131 Å². The Morgan fingerprint density at radius 3 is 2.14 bits per heavy atom. The molecular formula is C17H22N4O. The Balaban J connectivity index is 0.000000335. The Hall–Kier alpha value is -2.50. The summed E-state index contributed by atoms with van der Waals surface area (Å²) in [5, 5.41) is 2.74. The van der Waals surface area contributed by atoms with Crippen LogP contribution in [0.3, 0.4) is 0 Å². The van der Waals surface area contributed by atoms with Gasteiger partial charge in [0.15, 0.2) is 0 Å². The van der Waals surface area contributed by atoms with E-state index in [0.717, 1.165) is 11.3 Å². The molecule has 0 saturated heterocycles. The lowest BCUT2D eigenvalue weighted by Gasteiger charge is -2.11. The fourth-order valence-electron chi connectivity index (χ4n) is 1.50. The Kier molecular flexibility index (Phi) is 7.53. The fourth-order valence-corrected chi connectivity index (χ4v) is 1.50. The molecule has 0 spiro atoms. The number of carbonyl (C=O) groups is 1. The first-order valence-electron chi connectivity index (χ1n) is 6.92. The predicted molar refractivity (Wildman–Crippen MR) is 89.9 cm³/mol. The zero-order valence-electron chi connectivity index (χ0n) is 12.9. The number of nitrogens with zero attached hydrogens (tertiary/aromatic N) is 1. The van der Waals surface area contributed by atoms with E-state index in [-0.39, 0.29) is 11.9 Å². The van der Waals surface area contributed by atoms with Crippen LogP contribution in [0.1, 0.15) is 25.5 Å². The van der Waals surface area contributed by atoms with Gasteiger partial charge >= 0.3 is 0 Å². The van der Waals surface area contributed by atoms with E-state index in [0.29, 0.717) is 5.57 Å². The monoisotopic (exact) mass is 298 g/mol. The van der Waals surface area contributed by atoms with Crippen LogP contribution in [-0.2, 0) is 4.79 Å². The van der Waals surface area contributed by atoms with Crippen LogP contribution < -0.4 is 16.6 Å². The van der Waals surface area contributed by atoms with Crippen LogP contribution in [0.25, 0.3) is 0 Å². The minimum absolute atomic E-state index is 0.0888. The minimum atomic E-state index is -0.169.